The molecule has 1 heterocycles. The van der Waals surface area contributed by atoms with E-state index in [1.807, 2.05) is 51.1 Å². The van der Waals surface area contributed by atoms with E-state index in [0.29, 0.717) is 37.6 Å². The fraction of sp³-hybridized carbons (Fsp3) is 0.500. The topological polar surface area (TPSA) is 83.6 Å². The summed E-state index contributed by atoms with van der Waals surface area (Å²) in [4.78, 5) is 31.5. The summed E-state index contributed by atoms with van der Waals surface area (Å²) in [5.41, 5.74) is 1.53. The van der Waals surface area contributed by atoms with Crippen LogP contribution in [-0.2, 0) is 4.79 Å². The van der Waals surface area contributed by atoms with Crippen LogP contribution in [0.2, 0.25) is 0 Å². The Hall–Kier alpha value is -3.09. The molecule has 33 heavy (non-hydrogen) atoms. The molecular formula is C26H38N4O3. The molecule has 2 aromatic rings. The van der Waals surface area contributed by atoms with E-state index in [2.05, 4.69) is 36.4 Å². The minimum atomic E-state index is -0.103. The maximum absolute atomic E-state index is 13.3. The van der Waals surface area contributed by atoms with Gasteiger partial charge in [0.05, 0.1) is 6.54 Å². The number of benzene rings is 1. The molecule has 0 saturated carbocycles. The van der Waals surface area contributed by atoms with Crippen molar-refractivity contribution < 1.29 is 14.3 Å². The monoisotopic (exact) mass is 454 g/mol. The first-order chi connectivity index (χ1) is 15.5. The van der Waals surface area contributed by atoms with Crippen molar-refractivity contribution in [3.05, 3.63) is 53.7 Å². The average molecular weight is 455 g/mol. The number of rotatable bonds is 11. The first kappa shape index (κ1) is 26.2. The van der Waals surface area contributed by atoms with Crippen molar-refractivity contribution in [1.82, 2.24) is 15.2 Å². The van der Waals surface area contributed by atoms with Gasteiger partial charge in [-0.2, -0.15) is 0 Å². The molecule has 2 rings (SSSR count). The van der Waals surface area contributed by atoms with Crippen LogP contribution in [0.3, 0.4) is 0 Å². The molecule has 0 bridgehead atoms. The zero-order valence-electron chi connectivity index (χ0n) is 20.8. The lowest BCUT2D eigenvalue weighted by molar-refractivity contribution is -0.121. The normalized spacial score (nSPS) is 11.2. The molecule has 0 aliphatic heterocycles. The van der Waals surface area contributed by atoms with Gasteiger partial charge < -0.3 is 20.3 Å². The maximum Gasteiger partial charge on any atom is 0.254 e. The fourth-order valence-electron chi connectivity index (χ4n) is 3.20. The van der Waals surface area contributed by atoms with Crippen molar-refractivity contribution in [3.63, 3.8) is 0 Å². The summed E-state index contributed by atoms with van der Waals surface area (Å²) in [6, 6.07) is 11.2. The number of ether oxygens (including phenoxy) is 1. The van der Waals surface area contributed by atoms with Gasteiger partial charge in [0.2, 0.25) is 5.91 Å². The number of nitrogens with one attached hydrogen (secondary N) is 2. The van der Waals surface area contributed by atoms with Gasteiger partial charge in [-0.25, -0.2) is 4.98 Å². The number of carbonyl (C=O) groups is 2. The molecule has 2 N–H and O–H groups in total. The molecule has 0 aliphatic carbocycles. The molecular weight excluding hydrogens is 416 g/mol. The van der Waals surface area contributed by atoms with Gasteiger partial charge in [-0.3, -0.25) is 9.59 Å². The Labute approximate surface area is 197 Å². The van der Waals surface area contributed by atoms with Gasteiger partial charge in [0, 0.05) is 37.3 Å². The maximum atomic E-state index is 13.3. The Bertz CT molecular complexity index is 907. The molecule has 0 saturated heterocycles. The Morgan fingerprint density at radius 1 is 1.15 bits per heavy atom. The highest BCUT2D eigenvalue weighted by Gasteiger charge is 2.21. The smallest absolute Gasteiger partial charge is 0.254 e. The van der Waals surface area contributed by atoms with Crippen molar-refractivity contribution in [3.8, 4) is 5.75 Å². The van der Waals surface area contributed by atoms with E-state index in [9.17, 15) is 9.59 Å². The van der Waals surface area contributed by atoms with Crippen LogP contribution >= 0.6 is 0 Å². The molecule has 2 amide bonds. The van der Waals surface area contributed by atoms with Crippen molar-refractivity contribution in [2.45, 2.75) is 54.0 Å². The van der Waals surface area contributed by atoms with Gasteiger partial charge in [-0.05, 0) is 62.1 Å². The lowest BCUT2D eigenvalue weighted by Gasteiger charge is -2.27. The predicted octanol–water partition coefficient (Wildman–Crippen LogP) is 4.28. The van der Waals surface area contributed by atoms with E-state index in [4.69, 9.17) is 4.74 Å². The molecule has 0 radical (unpaired) electrons. The Morgan fingerprint density at radius 2 is 1.91 bits per heavy atom. The lowest BCUT2D eigenvalue weighted by atomic mass is 9.97. The van der Waals surface area contributed by atoms with E-state index in [-0.39, 0.29) is 29.7 Å². The summed E-state index contributed by atoms with van der Waals surface area (Å²) in [7, 11) is 0. The second-order valence-corrected chi connectivity index (χ2v) is 9.70. The Kier molecular flexibility index (Phi) is 9.70. The Morgan fingerprint density at radius 3 is 2.55 bits per heavy atom. The lowest BCUT2D eigenvalue weighted by Crippen LogP contribution is -2.40. The largest absolute Gasteiger partial charge is 0.492 e. The number of anilines is 1. The van der Waals surface area contributed by atoms with Crippen LogP contribution in [0.4, 0.5) is 5.82 Å². The molecule has 1 aromatic heterocycles. The molecule has 0 unspecified atom stereocenters. The number of pyridine rings is 1. The molecule has 0 spiro atoms. The third kappa shape index (κ3) is 9.51. The molecule has 180 valence electrons. The second-order valence-electron chi connectivity index (χ2n) is 9.70. The van der Waals surface area contributed by atoms with Crippen molar-refractivity contribution >= 4 is 17.6 Å². The number of hydrogen-bond donors (Lipinski definition) is 2. The molecule has 0 aliphatic rings. The molecule has 0 atom stereocenters. The number of nitrogens with zero attached hydrogens (tertiary/aromatic N) is 2. The number of aryl methyl sites for hydroxylation is 1. The van der Waals surface area contributed by atoms with E-state index < -0.39 is 0 Å². The summed E-state index contributed by atoms with van der Waals surface area (Å²) in [6.07, 6.45) is 2.00. The van der Waals surface area contributed by atoms with E-state index in [1.54, 1.807) is 17.2 Å². The summed E-state index contributed by atoms with van der Waals surface area (Å²) in [5, 5.41) is 6.14. The third-order valence-corrected chi connectivity index (χ3v) is 4.92. The average Bonchev–Trinajstić information content (AvgIpc) is 2.75. The van der Waals surface area contributed by atoms with Crippen molar-refractivity contribution in [2.75, 3.05) is 31.6 Å². The number of carbonyl (C=O) groups excluding carboxylic acids is 2. The van der Waals surface area contributed by atoms with Gasteiger partial charge in [-0.1, -0.05) is 26.8 Å². The van der Waals surface area contributed by atoms with Gasteiger partial charge in [-0.15, -0.1) is 0 Å². The van der Waals surface area contributed by atoms with Crippen LogP contribution in [0.25, 0.3) is 0 Å². The summed E-state index contributed by atoms with van der Waals surface area (Å²) >= 11 is 0. The molecule has 1 aromatic carbocycles. The first-order valence-corrected chi connectivity index (χ1v) is 11.5. The van der Waals surface area contributed by atoms with E-state index in [0.717, 1.165) is 11.4 Å². The minimum absolute atomic E-state index is 0.0221. The third-order valence-electron chi connectivity index (χ3n) is 4.92. The number of hydrogen-bond acceptors (Lipinski definition) is 5. The van der Waals surface area contributed by atoms with Crippen molar-refractivity contribution in [1.29, 1.82) is 0 Å². The number of amides is 2. The molecule has 7 heteroatoms. The van der Waals surface area contributed by atoms with Crippen molar-refractivity contribution in [2.24, 2.45) is 5.41 Å². The minimum Gasteiger partial charge on any atom is -0.492 e. The first-order valence-electron chi connectivity index (χ1n) is 11.5. The van der Waals surface area contributed by atoms with Gasteiger partial charge >= 0.3 is 0 Å². The van der Waals surface area contributed by atoms with E-state index in [1.165, 1.54) is 0 Å². The van der Waals surface area contributed by atoms with Gasteiger partial charge in [0.15, 0.2) is 0 Å². The summed E-state index contributed by atoms with van der Waals surface area (Å²) < 4.78 is 5.88. The van der Waals surface area contributed by atoms with Crippen LogP contribution in [0.5, 0.6) is 5.75 Å². The van der Waals surface area contributed by atoms with Crippen LogP contribution in [0, 0.1) is 12.3 Å². The Balaban J connectivity index is 1.96. The van der Waals surface area contributed by atoms with Gasteiger partial charge in [0.1, 0.15) is 18.2 Å². The highest BCUT2D eigenvalue weighted by molar-refractivity contribution is 5.95. The summed E-state index contributed by atoms with van der Waals surface area (Å²) in [6.45, 7) is 14.1. The highest BCUT2D eigenvalue weighted by Crippen LogP contribution is 2.20. The van der Waals surface area contributed by atoms with Crippen LogP contribution in [0.1, 0.15) is 57.0 Å². The van der Waals surface area contributed by atoms with Gasteiger partial charge in [0.25, 0.3) is 5.91 Å². The molecule has 7 nitrogen and oxygen atoms in total. The zero-order valence-corrected chi connectivity index (χ0v) is 20.8. The molecule has 0 fully saturated rings. The van der Waals surface area contributed by atoms with Crippen LogP contribution < -0.4 is 15.4 Å². The summed E-state index contributed by atoms with van der Waals surface area (Å²) in [5.74, 6) is 1.29. The fourth-order valence-corrected chi connectivity index (χ4v) is 3.20. The van der Waals surface area contributed by atoms with Crippen LogP contribution in [0.15, 0.2) is 42.6 Å². The number of aromatic nitrogens is 1. The second kappa shape index (κ2) is 12.2. The standard InChI is InChI=1S/C26H38N4O3/c1-19(2)30(13-10-24(31)29-18-26(4,5)6)25(32)21-15-20(3)16-22(17-21)33-14-12-28-23-9-7-8-11-27-23/h7-9,11,15-17,19H,10,12-14,18H2,1-6H3,(H,27,28)(H,29,31). The zero-order chi connectivity index (χ0) is 24.4. The SMILES string of the molecule is Cc1cc(OCCNc2ccccn2)cc(C(=O)N(CCC(=O)NCC(C)(C)C)C(C)C)c1. The quantitative estimate of drug-likeness (QED) is 0.495. The predicted molar refractivity (Wildman–Crippen MR) is 133 cm³/mol. The highest BCUT2D eigenvalue weighted by atomic mass is 16.5. The van der Waals surface area contributed by atoms with E-state index >= 15 is 0 Å². The van der Waals surface area contributed by atoms with Crippen LogP contribution in [-0.4, -0.2) is 54.0 Å².